The van der Waals surface area contributed by atoms with Crippen LogP contribution >= 0.6 is 12.4 Å². The van der Waals surface area contributed by atoms with Crippen LogP contribution in [0, 0.1) is 11.8 Å². The molecule has 0 aliphatic carbocycles. The third kappa shape index (κ3) is 8.79. The minimum atomic E-state index is -0.874. The SMILES string of the molecule is C=CCCC(C)(O)C#CCN(CC)CC.Cl. The summed E-state index contributed by atoms with van der Waals surface area (Å²) < 4.78 is 0. The van der Waals surface area contributed by atoms with Gasteiger partial charge in [0.2, 0.25) is 0 Å². The van der Waals surface area contributed by atoms with Crippen LogP contribution in [0.1, 0.15) is 33.6 Å². The van der Waals surface area contributed by atoms with Crippen LogP contribution in [-0.4, -0.2) is 35.2 Å². The maximum atomic E-state index is 9.86. The number of allylic oxidation sites excluding steroid dienone is 1. The van der Waals surface area contributed by atoms with E-state index in [4.69, 9.17) is 0 Å². The molecule has 0 aromatic rings. The van der Waals surface area contributed by atoms with Gasteiger partial charge in [-0.05, 0) is 32.9 Å². The molecule has 0 aliphatic heterocycles. The molecule has 0 saturated heterocycles. The Morgan fingerprint density at radius 3 is 2.38 bits per heavy atom. The van der Waals surface area contributed by atoms with Gasteiger partial charge >= 0.3 is 0 Å². The van der Waals surface area contributed by atoms with E-state index >= 15 is 0 Å². The topological polar surface area (TPSA) is 23.5 Å². The van der Waals surface area contributed by atoms with Crippen LogP contribution in [0.15, 0.2) is 12.7 Å². The molecule has 0 heterocycles. The summed E-state index contributed by atoms with van der Waals surface area (Å²) in [6.07, 6.45) is 3.26. The molecule has 16 heavy (non-hydrogen) atoms. The quantitative estimate of drug-likeness (QED) is 0.574. The molecule has 0 aromatic heterocycles. The van der Waals surface area contributed by atoms with Crippen molar-refractivity contribution in [2.24, 2.45) is 0 Å². The molecular weight excluding hydrogens is 222 g/mol. The lowest BCUT2D eigenvalue weighted by Gasteiger charge is -2.16. The summed E-state index contributed by atoms with van der Waals surface area (Å²) in [4.78, 5) is 2.22. The zero-order valence-electron chi connectivity index (χ0n) is 10.6. The maximum absolute atomic E-state index is 9.86. The first kappa shape index (κ1) is 17.9. The number of aliphatic hydroxyl groups is 1. The summed E-state index contributed by atoms with van der Waals surface area (Å²) in [6, 6.07) is 0. The molecule has 0 amide bonds. The summed E-state index contributed by atoms with van der Waals surface area (Å²) in [5, 5.41) is 9.86. The van der Waals surface area contributed by atoms with Crippen molar-refractivity contribution < 1.29 is 5.11 Å². The molecule has 0 aromatic carbocycles. The van der Waals surface area contributed by atoms with Crippen molar-refractivity contribution in [2.45, 2.75) is 39.2 Å². The average molecular weight is 246 g/mol. The van der Waals surface area contributed by atoms with Gasteiger partial charge in [0, 0.05) is 0 Å². The molecule has 3 heteroatoms. The van der Waals surface area contributed by atoms with Crippen LogP contribution in [0.25, 0.3) is 0 Å². The predicted octanol–water partition coefficient (Wildman–Crippen LogP) is 2.47. The number of hydrogen-bond acceptors (Lipinski definition) is 2. The van der Waals surface area contributed by atoms with Crippen molar-refractivity contribution >= 4 is 12.4 Å². The van der Waals surface area contributed by atoms with Crippen LogP contribution < -0.4 is 0 Å². The third-order valence-electron chi connectivity index (χ3n) is 2.39. The standard InChI is InChI=1S/C13H23NO.ClH/c1-5-8-10-13(4,15)11-9-12-14(6-2)7-3;/h5,15H,1,6-8,10,12H2,2-4H3;1H. The number of hydrogen-bond donors (Lipinski definition) is 1. The van der Waals surface area contributed by atoms with Crippen molar-refractivity contribution in [3.8, 4) is 11.8 Å². The first-order chi connectivity index (χ1) is 7.05. The van der Waals surface area contributed by atoms with Gasteiger partial charge in [0.1, 0.15) is 5.60 Å². The Kier molecular flexibility index (Phi) is 10.9. The van der Waals surface area contributed by atoms with E-state index in [-0.39, 0.29) is 12.4 Å². The van der Waals surface area contributed by atoms with E-state index in [1.807, 2.05) is 0 Å². The van der Waals surface area contributed by atoms with Gasteiger partial charge < -0.3 is 5.11 Å². The van der Waals surface area contributed by atoms with Gasteiger partial charge in [-0.1, -0.05) is 31.8 Å². The zero-order valence-corrected chi connectivity index (χ0v) is 11.4. The van der Waals surface area contributed by atoms with E-state index < -0.39 is 5.60 Å². The van der Waals surface area contributed by atoms with Crippen LogP contribution in [0.2, 0.25) is 0 Å². The molecule has 2 nitrogen and oxygen atoms in total. The first-order valence-corrected chi connectivity index (χ1v) is 5.61. The number of nitrogens with zero attached hydrogens (tertiary/aromatic N) is 1. The lowest BCUT2D eigenvalue weighted by Crippen LogP contribution is -2.25. The average Bonchev–Trinajstić information content (AvgIpc) is 2.22. The van der Waals surface area contributed by atoms with E-state index in [0.717, 1.165) is 26.1 Å². The normalized spacial score (nSPS) is 13.3. The number of rotatable bonds is 6. The Bertz CT molecular complexity index is 236. The van der Waals surface area contributed by atoms with Crippen molar-refractivity contribution in [1.82, 2.24) is 4.90 Å². The summed E-state index contributed by atoms with van der Waals surface area (Å²) in [5.74, 6) is 5.94. The summed E-state index contributed by atoms with van der Waals surface area (Å²) in [6.45, 7) is 12.3. The van der Waals surface area contributed by atoms with E-state index in [0.29, 0.717) is 6.42 Å². The molecule has 0 aliphatic rings. The van der Waals surface area contributed by atoms with Gasteiger partial charge in [-0.3, -0.25) is 4.90 Å². The van der Waals surface area contributed by atoms with Gasteiger partial charge in [0.05, 0.1) is 6.54 Å². The molecule has 1 N–H and O–H groups in total. The van der Waals surface area contributed by atoms with Crippen LogP contribution in [-0.2, 0) is 0 Å². The first-order valence-electron chi connectivity index (χ1n) is 5.61. The Balaban J connectivity index is 0. The fourth-order valence-electron chi connectivity index (χ4n) is 1.23. The van der Waals surface area contributed by atoms with E-state index in [1.165, 1.54) is 0 Å². The highest BCUT2D eigenvalue weighted by Gasteiger charge is 2.14. The van der Waals surface area contributed by atoms with Gasteiger partial charge in [-0.2, -0.15) is 0 Å². The lowest BCUT2D eigenvalue weighted by molar-refractivity contribution is 0.113. The second-order valence-corrected chi connectivity index (χ2v) is 3.86. The fourth-order valence-corrected chi connectivity index (χ4v) is 1.23. The lowest BCUT2D eigenvalue weighted by atomic mass is 10.0. The largest absolute Gasteiger partial charge is 0.378 e. The minimum Gasteiger partial charge on any atom is -0.378 e. The molecule has 0 rings (SSSR count). The monoisotopic (exact) mass is 245 g/mol. The third-order valence-corrected chi connectivity index (χ3v) is 2.39. The Morgan fingerprint density at radius 2 is 1.94 bits per heavy atom. The zero-order chi connectivity index (χ0) is 11.7. The van der Waals surface area contributed by atoms with E-state index in [2.05, 4.69) is 37.2 Å². The summed E-state index contributed by atoms with van der Waals surface area (Å²) >= 11 is 0. The molecule has 94 valence electrons. The highest BCUT2D eigenvalue weighted by molar-refractivity contribution is 5.85. The molecular formula is C13H24ClNO. The van der Waals surface area contributed by atoms with Crippen molar-refractivity contribution in [3.63, 3.8) is 0 Å². The summed E-state index contributed by atoms with van der Waals surface area (Å²) in [7, 11) is 0. The van der Waals surface area contributed by atoms with Gasteiger partial charge in [-0.15, -0.1) is 19.0 Å². The van der Waals surface area contributed by atoms with E-state index in [1.54, 1.807) is 13.0 Å². The van der Waals surface area contributed by atoms with Gasteiger partial charge in [0.25, 0.3) is 0 Å². The minimum absolute atomic E-state index is 0. The molecule has 0 bridgehead atoms. The molecule has 0 fully saturated rings. The van der Waals surface area contributed by atoms with Crippen LogP contribution in [0.4, 0.5) is 0 Å². The van der Waals surface area contributed by atoms with Crippen LogP contribution in [0.3, 0.4) is 0 Å². The van der Waals surface area contributed by atoms with Gasteiger partial charge in [-0.25, -0.2) is 0 Å². The second kappa shape index (κ2) is 9.72. The molecule has 1 unspecified atom stereocenters. The Hall–Kier alpha value is -0.490. The second-order valence-electron chi connectivity index (χ2n) is 3.86. The predicted molar refractivity (Wildman–Crippen MR) is 72.9 cm³/mol. The molecule has 1 atom stereocenters. The van der Waals surface area contributed by atoms with Crippen LogP contribution in [0.5, 0.6) is 0 Å². The number of halogens is 1. The van der Waals surface area contributed by atoms with Crippen molar-refractivity contribution in [2.75, 3.05) is 19.6 Å². The molecule has 0 saturated carbocycles. The maximum Gasteiger partial charge on any atom is 0.123 e. The summed E-state index contributed by atoms with van der Waals surface area (Å²) in [5.41, 5.74) is -0.874. The highest BCUT2D eigenvalue weighted by Crippen LogP contribution is 2.10. The molecule has 0 spiro atoms. The van der Waals surface area contributed by atoms with Crippen molar-refractivity contribution in [1.29, 1.82) is 0 Å². The Labute approximate surface area is 106 Å². The van der Waals surface area contributed by atoms with E-state index in [9.17, 15) is 5.11 Å². The van der Waals surface area contributed by atoms with Gasteiger partial charge in [0.15, 0.2) is 0 Å². The van der Waals surface area contributed by atoms with Crippen molar-refractivity contribution in [3.05, 3.63) is 12.7 Å². The fraction of sp³-hybridized carbons (Fsp3) is 0.692. The smallest absolute Gasteiger partial charge is 0.123 e. The highest BCUT2D eigenvalue weighted by atomic mass is 35.5. The Morgan fingerprint density at radius 1 is 1.38 bits per heavy atom. The molecule has 0 radical (unpaired) electrons.